The van der Waals surface area contributed by atoms with Crippen LogP contribution >= 0.6 is 0 Å². The number of rotatable bonds is 0. The van der Waals surface area contributed by atoms with E-state index in [-0.39, 0.29) is 5.91 Å². The molecule has 0 atom stereocenters. The molecule has 0 aliphatic heterocycles. The molecule has 3 nitrogen and oxygen atoms in total. The Balaban J connectivity index is 2.57. The standard InChI is InChI=1S/C14H10F2N2O/c1-7-6-18(8(2)19)14-9-3-11(15)12(16)4-13(9)17-5-10(7)14/h3-6H,1-2H3. The van der Waals surface area contributed by atoms with Crippen LogP contribution in [0.2, 0.25) is 0 Å². The van der Waals surface area contributed by atoms with Gasteiger partial charge in [0.1, 0.15) is 0 Å². The number of hydrogen-bond donors (Lipinski definition) is 0. The second-order valence-electron chi connectivity index (χ2n) is 4.51. The van der Waals surface area contributed by atoms with Crippen molar-refractivity contribution in [2.24, 2.45) is 0 Å². The van der Waals surface area contributed by atoms with Crippen LogP contribution in [0.25, 0.3) is 21.8 Å². The number of aryl methyl sites for hydroxylation is 1. The number of nitrogens with zero attached hydrogens (tertiary/aromatic N) is 2. The topological polar surface area (TPSA) is 34.9 Å². The first kappa shape index (κ1) is 11.8. The number of pyridine rings is 1. The van der Waals surface area contributed by atoms with Gasteiger partial charge in [-0.05, 0) is 18.6 Å². The highest BCUT2D eigenvalue weighted by Crippen LogP contribution is 2.28. The maximum Gasteiger partial charge on any atom is 0.227 e. The van der Waals surface area contributed by atoms with Crippen molar-refractivity contribution in [2.75, 3.05) is 0 Å². The van der Waals surface area contributed by atoms with E-state index in [0.29, 0.717) is 16.4 Å². The van der Waals surface area contributed by atoms with E-state index in [2.05, 4.69) is 4.98 Å². The number of benzene rings is 1. The van der Waals surface area contributed by atoms with Gasteiger partial charge in [-0.3, -0.25) is 14.3 Å². The van der Waals surface area contributed by atoms with Gasteiger partial charge in [-0.1, -0.05) is 0 Å². The quantitative estimate of drug-likeness (QED) is 0.620. The van der Waals surface area contributed by atoms with E-state index in [9.17, 15) is 13.6 Å². The molecule has 3 rings (SSSR count). The molecule has 0 radical (unpaired) electrons. The van der Waals surface area contributed by atoms with E-state index >= 15 is 0 Å². The van der Waals surface area contributed by atoms with Crippen molar-refractivity contribution >= 4 is 27.7 Å². The summed E-state index contributed by atoms with van der Waals surface area (Å²) in [5, 5.41) is 1.19. The second kappa shape index (κ2) is 3.85. The minimum Gasteiger partial charge on any atom is -0.286 e. The smallest absolute Gasteiger partial charge is 0.227 e. The van der Waals surface area contributed by atoms with Gasteiger partial charge in [-0.2, -0.15) is 0 Å². The van der Waals surface area contributed by atoms with Crippen LogP contribution in [0.15, 0.2) is 24.5 Å². The number of fused-ring (bicyclic) bond motifs is 3. The normalized spacial score (nSPS) is 11.4. The van der Waals surface area contributed by atoms with Crippen LogP contribution in [-0.4, -0.2) is 15.5 Å². The van der Waals surface area contributed by atoms with Crippen molar-refractivity contribution in [3.8, 4) is 0 Å². The highest BCUT2D eigenvalue weighted by molar-refractivity contribution is 6.08. The summed E-state index contributed by atoms with van der Waals surface area (Å²) < 4.78 is 28.1. The Morgan fingerprint density at radius 1 is 1.21 bits per heavy atom. The molecule has 96 valence electrons. The van der Waals surface area contributed by atoms with Crippen LogP contribution in [0.1, 0.15) is 17.3 Å². The van der Waals surface area contributed by atoms with Crippen LogP contribution in [0.3, 0.4) is 0 Å². The summed E-state index contributed by atoms with van der Waals surface area (Å²) in [7, 11) is 0. The van der Waals surface area contributed by atoms with Gasteiger partial charge in [0.05, 0.1) is 11.0 Å². The molecule has 0 fully saturated rings. The lowest BCUT2D eigenvalue weighted by atomic mass is 10.1. The Kier molecular flexibility index (Phi) is 2.38. The largest absolute Gasteiger partial charge is 0.286 e. The van der Waals surface area contributed by atoms with E-state index in [1.165, 1.54) is 11.5 Å². The third-order valence-corrected chi connectivity index (χ3v) is 3.21. The lowest BCUT2D eigenvalue weighted by Gasteiger charge is -2.04. The first-order chi connectivity index (χ1) is 8.99. The zero-order valence-corrected chi connectivity index (χ0v) is 10.4. The van der Waals surface area contributed by atoms with Gasteiger partial charge in [0.2, 0.25) is 5.91 Å². The predicted molar refractivity (Wildman–Crippen MR) is 68.2 cm³/mol. The zero-order valence-electron chi connectivity index (χ0n) is 10.4. The Labute approximate surface area is 107 Å². The molecule has 2 aromatic heterocycles. The molecular weight excluding hydrogens is 250 g/mol. The van der Waals surface area contributed by atoms with Gasteiger partial charge >= 0.3 is 0 Å². The Morgan fingerprint density at radius 3 is 2.58 bits per heavy atom. The monoisotopic (exact) mass is 260 g/mol. The molecule has 0 saturated heterocycles. The van der Waals surface area contributed by atoms with Crippen molar-refractivity contribution in [1.82, 2.24) is 9.55 Å². The van der Waals surface area contributed by atoms with Crippen molar-refractivity contribution in [1.29, 1.82) is 0 Å². The minimum absolute atomic E-state index is 0.185. The molecule has 0 aliphatic carbocycles. The number of halogens is 2. The molecule has 0 amide bonds. The van der Waals surface area contributed by atoms with Crippen LogP contribution in [0.4, 0.5) is 8.78 Å². The van der Waals surface area contributed by atoms with E-state index < -0.39 is 11.6 Å². The van der Waals surface area contributed by atoms with Crippen LogP contribution in [-0.2, 0) is 0 Å². The fraction of sp³-hybridized carbons (Fsp3) is 0.143. The molecular formula is C14H10F2N2O. The number of carbonyl (C=O) groups excluding carboxylic acids is 1. The molecule has 0 unspecified atom stereocenters. The molecule has 5 heteroatoms. The lowest BCUT2D eigenvalue weighted by Crippen LogP contribution is -2.03. The highest BCUT2D eigenvalue weighted by Gasteiger charge is 2.14. The summed E-state index contributed by atoms with van der Waals surface area (Å²) in [6, 6.07) is 2.12. The Bertz CT molecular complexity index is 836. The fourth-order valence-corrected chi connectivity index (χ4v) is 2.30. The number of carbonyl (C=O) groups is 1. The molecule has 0 saturated carbocycles. The first-order valence-electron chi connectivity index (χ1n) is 5.75. The van der Waals surface area contributed by atoms with Crippen molar-refractivity contribution in [3.63, 3.8) is 0 Å². The van der Waals surface area contributed by atoms with Gasteiger partial charge < -0.3 is 0 Å². The van der Waals surface area contributed by atoms with Gasteiger partial charge in [0, 0.05) is 36.2 Å². The molecule has 0 aliphatic rings. The van der Waals surface area contributed by atoms with Gasteiger partial charge in [0.15, 0.2) is 11.6 Å². The molecule has 0 N–H and O–H groups in total. The maximum absolute atomic E-state index is 13.4. The third-order valence-electron chi connectivity index (χ3n) is 3.21. The molecule has 2 heterocycles. The first-order valence-corrected chi connectivity index (χ1v) is 5.75. The second-order valence-corrected chi connectivity index (χ2v) is 4.51. The molecule has 3 aromatic rings. The van der Waals surface area contributed by atoms with E-state index in [1.54, 1.807) is 12.4 Å². The summed E-state index contributed by atoms with van der Waals surface area (Å²) in [5.74, 6) is -2.08. The van der Waals surface area contributed by atoms with Crippen molar-refractivity contribution < 1.29 is 13.6 Å². The SMILES string of the molecule is CC(=O)n1cc(C)c2cnc3cc(F)c(F)cc3c21. The van der Waals surface area contributed by atoms with Gasteiger partial charge in [-0.25, -0.2) is 8.78 Å². The fourth-order valence-electron chi connectivity index (χ4n) is 2.30. The summed E-state index contributed by atoms with van der Waals surface area (Å²) in [5.41, 5.74) is 1.75. The minimum atomic E-state index is -0.948. The summed E-state index contributed by atoms with van der Waals surface area (Å²) >= 11 is 0. The van der Waals surface area contributed by atoms with E-state index in [0.717, 1.165) is 23.1 Å². The van der Waals surface area contributed by atoms with Crippen molar-refractivity contribution in [2.45, 2.75) is 13.8 Å². The highest BCUT2D eigenvalue weighted by atomic mass is 19.2. The maximum atomic E-state index is 13.4. The average molecular weight is 260 g/mol. The van der Waals surface area contributed by atoms with Crippen molar-refractivity contribution in [3.05, 3.63) is 41.7 Å². The summed E-state index contributed by atoms with van der Waals surface area (Å²) in [4.78, 5) is 15.8. The molecule has 19 heavy (non-hydrogen) atoms. The summed E-state index contributed by atoms with van der Waals surface area (Å²) in [6.45, 7) is 3.26. The zero-order chi connectivity index (χ0) is 13.7. The summed E-state index contributed by atoms with van der Waals surface area (Å²) in [6.07, 6.45) is 3.25. The average Bonchev–Trinajstić information content (AvgIpc) is 2.69. The van der Waals surface area contributed by atoms with Crippen LogP contribution < -0.4 is 0 Å². The predicted octanol–water partition coefficient (Wildman–Crippen LogP) is 3.44. The lowest BCUT2D eigenvalue weighted by molar-refractivity contribution is 0.0941. The molecule has 1 aromatic carbocycles. The van der Waals surface area contributed by atoms with Crippen LogP contribution in [0, 0.1) is 18.6 Å². The number of hydrogen-bond acceptors (Lipinski definition) is 2. The Hall–Kier alpha value is -2.30. The van der Waals surface area contributed by atoms with Gasteiger partial charge in [0.25, 0.3) is 0 Å². The van der Waals surface area contributed by atoms with Gasteiger partial charge in [-0.15, -0.1) is 0 Å². The van der Waals surface area contributed by atoms with E-state index in [4.69, 9.17) is 0 Å². The Morgan fingerprint density at radius 2 is 1.89 bits per heavy atom. The van der Waals surface area contributed by atoms with Crippen LogP contribution in [0.5, 0.6) is 0 Å². The molecule has 0 spiro atoms. The number of aromatic nitrogens is 2. The van der Waals surface area contributed by atoms with E-state index in [1.807, 2.05) is 6.92 Å². The third kappa shape index (κ3) is 1.62. The molecule has 0 bridgehead atoms.